The standard InChI is InChI=1S/C22H37NO3/c1-3-4-5-6-7-8-9-10-20-11-13-21(14-12-20)15-16-22(17-24,18-25)23-19(2)26/h11-14,24-25H,3-10,15-18H2,1-2H3,(H,23,26). The summed E-state index contributed by atoms with van der Waals surface area (Å²) in [4.78, 5) is 11.3. The highest BCUT2D eigenvalue weighted by Crippen LogP contribution is 2.16. The molecular weight excluding hydrogens is 326 g/mol. The van der Waals surface area contributed by atoms with Crippen LogP contribution in [-0.4, -0.2) is 34.9 Å². The van der Waals surface area contributed by atoms with Crippen molar-refractivity contribution in [2.75, 3.05) is 13.2 Å². The Kier molecular flexibility index (Phi) is 11.2. The third kappa shape index (κ3) is 8.81. The number of rotatable bonds is 14. The molecule has 0 saturated heterocycles. The molecule has 0 aliphatic rings. The average molecular weight is 364 g/mol. The van der Waals surface area contributed by atoms with Gasteiger partial charge >= 0.3 is 0 Å². The Bertz CT molecular complexity index is 495. The Morgan fingerprint density at radius 2 is 1.38 bits per heavy atom. The molecule has 0 bridgehead atoms. The van der Waals surface area contributed by atoms with Gasteiger partial charge in [-0.15, -0.1) is 0 Å². The maximum atomic E-state index is 11.3. The van der Waals surface area contributed by atoms with Gasteiger partial charge in [0.2, 0.25) is 5.91 Å². The summed E-state index contributed by atoms with van der Waals surface area (Å²) in [5.74, 6) is -0.238. The van der Waals surface area contributed by atoms with Gasteiger partial charge in [-0.25, -0.2) is 0 Å². The minimum atomic E-state index is -0.942. The maximum absolute atomic E-state index is 11.3. The second-order valence-electron chi connectivity index (χ2n) is 7.47. The molecule has 1 aromatic carbocycles. The fourth-order valence-corrected chi connectivity index (χ4v) is 3.27. The van der Waals surface area contributed by atoms with Crippen LogP contribution in [0.4, 0.5) is 0 Å². The summed E-state index contributed by atoms with van der Waals surface area (Å²) in [6.07, 6.45) is 11.6. The molecule has 0 radical (unpaired) electrons. The molecule has 0 atom stereocenters. The molecule has 0 spiro atoms. The summed E-state index contributed by atoms with van der Waals surface area (Å²) in [5, 5.41) is 21.8. The third-order valence-electron chi connectivity index (χ3n) is 5.03. The van der Waals surface area contributed by atoms with E-state index in [1.165, 1.54) is 57.4 Å². The lowest BCUT2D eigenvalue weighted by molar-refractivity contribution is -0.122. The molecule has 1 aromatic rings. The molecule has 0 fully saturated rings. The quantitative estimate of drug-likeness (QED) is 0.441. The van der Waals surface area contributed by atoms with Crippen molar-refractivity contribution in [1.82, 2.24) is 5.32 Å². The van der Waals surface area contributed by atoms with Crippen LogP contribution in [0.1, 0.15) is 76.3 Å². The van der Waals surface area contributed by atoms with Crippen molar-refractivity contribution in [3.05, 3.63) is 35.4 Å². The number of carbonyl (C=O) groups is 1. The van der Waals surface area contributed by atoms with E-state index in [0.29, 0.717) is 12.8 Å². The first-order valence-electron chi connectivity index (χ1n) is 10.1. The van der Waals surface area contributed by atoms with Gasteiger partial charge in [-0.05, 0) is 36.8 Å². The van der Waals surface area contributed by atoms with E-state index in [1.54, 1.807) is 0 Å². The molecule has 26 heavy (non-hydrogen) atoms. The van der Waals surface area contributed by atoms with Gasteiger partial charge in [-0.1, -0.05) is 69.7 Å². The van der Waals surface area contributed by atoms with E-state index in [2.05, 4.69) is 36.5 Å². The summed E-state index contributed by atoms with van der Waals surface area (Å²) in [6, 6.07) is 8.57. The van der Waals surface area contributed by atoms with Gasteiger partial charge in [0.1, 0.15) is 0 Å². The Morgan fingerprint density at radius 3 is 1.88 bits per heavy atom. The first-order chi connectivity index (χ1) is 12.5. The molecule has 0 aliphatic heterocycles. The summed E-state index contributed by atoms with van der Waals surface area (Å²) in [7, 11) is 0. The van der Waals surface area contributed by atoms with Crippen molar-refractivity contribution in [2.45, 2.75) is 83.6 Å². The molecule has 4 nitrogen and oxygen atoms in total. The van der Waals surface area contributed by atoms with E-state index in [4.69, 9.17) is 0 Å². The number of hydrogen-bond donors (Lipinski definition) is 3. The van der Waals surface area contributed by atoms with Gasteiger partial charge in [0.05, 0.1) is 18.8 Å². The second kappa shape index (κ2) is 12.9. The Labute approximate surface area is 159 Å². The van der Waals surface area contributed by atoms with E-state index in [-0.39, 0.29) is 19.1 Å². The highest BCUT2D eigenvalue weighted by atomic mass is 16.3. The molecule has 3 N–H and O–H groups in total. The summed E-state index contributed by atoms with van der Waals surface area (Å²) < 4.78 is 0. The van der Waals surface area contributed by atoms with Crippen LogP contribution in [0.3, 0.4) is 0 Å². The number of amides is 1. The van der Waals surface area contributed by atoms with Gasteiger partial charge in [0, 0.05) is 6.92 Å². The predicted octanol–water partition coefficient (Wildman–Crippen LogP) is 3.77. The van der Waals surface area contributed by atoms with Crippen molar-refractivity contribution >= 4 is 5.91 Å². The lowest BCUT2D eigenvalue weighted by atomic mass is 9.92. The smallest absolute Gasteiger partial charge is 0.217 e. The molecule has 148 valence electrons. The number of hydrogen-bond acceptors (Lipinski definition) is 3. The van der Waals surface area contributed by atoms with Gasteiger partial charge < -0.3 is 15.5 Å². The van der Waals surface area contributed by atoms with E-state index in [0.717, 1.165) is 12.0 Å². The SMILES string of the molecule is CCCCCCCCCc1ccc(CCC(CO)(CO)NC(C)=O)cc1. The monoisotopic (exact) mass is 363 g/mol. The minimum absolute atomic E-state index is 0.238. The fraction of sp³-hybridized carbons (Fsp3) is 0.682. The molecule has 4 heteroatoms. The highest BCUT2D eigenvalue weighted by Gasteiger charge is 2.29. The number of aryl methyl sites for hydroxylation is 2. The van der Waals surface area contributed by atoms with E-state index < -0.39 is 5.54 Å². The van der Waals surface area contributed by atoms with Crippen LogP contribution in [0.25, 0.3) is 0 Å². The van der Waals surface area contributed by atoms with Gasteiger partial charge in [0.25, 0.3) is 0 Å². The van der Waals surface area contributed by atoms with Crippen LogP contribution < -0.4 is 5.32 Å². The van der Waals surface area contributed by atoms with Crippen LogP contribution in [0.2, 0.25) is 0 Å². The van der Waals surface area contributed by atoms with Gasteiger partial charge in [-0.2, -0.15) is 0 Å². The van der Waals surface area contributed by atoms with Crippen molar-refractivity contribution in [2.24, 2.45) is 0 Å². The van der Waals surface area contributed by atoms with Gasteiger partial charge in [-0.3, -0.25) is 4.79 Å². The van der Waals surface area contributed by atoms with Crippen LogP contribution in [0.5, 0.6) is 0 Å². The first kappa shape index (κ1) is 22.7. The second-order valence-corrected chi connectivity index (χ2v) is 7.47. The zero-order chi connectivity index (χ0) is 19.3. The number of benzene rings is 1. The number of unbranched alkanes of at least 4 members (excludes halogenated alkanes) is 6. The maximum Gasteiger partial charge on any atom is 0.217 e. The number of aliphatic hydroxyl groups is 2. The van der Waals surface area contributed by atoms with Crippen molar-refractivity contribution in [3.63, 3.8) is 0 Å². The Balaban J connectivity index is 2.36. The molecule has 0 heterocycles. The summed E-state index contributed by atoms with van der Waals surface area (Å²) in [5.41, 5.74) is 1.58. The molecule has 1 rings (SSSR count). The normalized spacial score (nSPS) is 11.5. The van der Waals surface area contributed by atoms with E-state index in [1.807, 2.05) is 0 Å². The van der Waals surface area contributed by atoms with E-state index in [9.17, 15) is 15.0 Å². The minimum Gasteiger partial charge on any atom is -0.394 e. The van der Waals surface area contributed by atoms with Crippen molar-refractivity contribution in [3.8, 4) is 0 Å². The molecule has 0 aromatic heterocycles. The lowest BCUT2D eigenvalue weighted by Gasteiger charge is -2.30. The molecular formula is C22H37NO3. The molecule has 0 saturated carbocycles. The van der Waals surface area contributed by atoms with E-state index >= 15 is 0 Å². The van der Waals surface area contributed by atoms with Crippen LogP contribution in [-0.2, 0) is 17.6 Å². The number of nitrogens with one attached hydrogen (secondary N) is 1. The fourth-order valence-electron chi connectivity index (χ4n) is 3.27. The third-order valence-corrected chi connectivity index (χ3v) is 5.03. The predicted molar refractivity (Wildman–Crippen MR) is 107 cm³/mol. The highest BCUT2D eigenvalue weighted by molar-refractivity contribution is 5.73. The first-order valence-corrected chi connectivity index (χ1v) is 10.1. The van der Waals surface area contributed by atoms with Gasteiger partial charge in [0.15, 0.2) is 0 Å². The topological polar surface area (TPSA) is 69.6 Å². The largest absolute Gasteiger partial charge is 0.394 e. The number of carbonyl (C=O) groups excluding carboxylic acids is 1. The molecule has 0 aliphatic carbocycles. The Morgan fingerprint density at radius 1 is 0.885 bits per heavy atom. The zero-order valence-corrected chi connectivity index (χ0v) is 16.6. The van der Waals surface area contributed by atoms with Crippen LogP contribution in [0.15, 0.2) is 24.3 Å². The Hall–Kier alpha value is -1.39. The zero-order valence-electron chi connectivity index (χ0n) is 16.6. The molecule has 1 amide bonds. The average Bonchev–Trinajstić information content (AvgIpc) is 2.65. The van der Waals surface area contributed by atoms with Crippen LogP contribution >= 0.6 is 0 Å². The lowest BCUT2D eigenvalue weighted by Crippen LogP contribution is -2.53. The number of aliphatic hydroxyl groups excluding tert-OH is 2. The van der Waals surface area contributed by atoms with Crippen molar-refractivity contribution in [1.29, 1.82) is 0 Å². The van der Waals surface area contributed by atoms with Crippen LogP contribution in [0, 0.1) is 0 Å². The summed E-state index contributed by atoms with van der Waals surface area (Å²) >= 11 is 0. The molecule has 0 unspecified atom stereocenters. The summed E-state index contributed by atoms with van der Waals surface area (Å²) in [6.45, 7) is 3.12. The van der Waals surface area contributed by atoms with Crippen molar-refractivity contribution < 1.29 is 15.0 Å².